The van der Waals surface area contributed by atoms with Crippen molar-refractivity contribution in [2.24, 2.45) is 0 Å². The summed E-state index contributed by atoms with van der Waals surface area (Å²) in [4.78, 5) is 12.8. The van der Waals surface area contributed by atoms with Crippen LogP contribution in [0.4, 0.5) is 15.8 Å². The lowest BCUT2D eigenvalue weighted by Gasteiger charge is -2.05. The molecule has 3 N–H and O–H groups in total. The Kier molecular flexibility index (Phi) is 3.58. The quantitative estimate of drug-likeness (QED) is 0.732. The van der Waals surface area contributed by atoms with Crippen LogP contribution in [0.3, 0.4) is 0 Å². The van der Waals surface area contributed by atoms with E-state index in [2.05, 4.69) is 5.32 Å². The Morgan fingerprint density at radius 1 is 1.23 bits per heavy atom. The normalized spacial score (nSPS) is 10.9. The van der Waals surface area contributed by atoms with Crippen LogP contribution in [0.5, 0.6) is 0 Å². The van der Waals surface area contributed by atoms with Crippen LogP contribution < -0.4 is 11.1 Å². The van der Waals surface area contributed by atoms with Gasteiger partial charge in [0, 0.05) is 10.1 Å². The Bertz CT molecular complexity index is 886. The summed E-state index contributed by atoms with van der Waals surface area (Å²) in [6.07, 6.45) is 0. The predicted octanol–water partition coefficient (Wildman–Crippen LogP) is 4.49. The number of hydrogen-bond donors (Lipinski definition) is 2. The molecule has 0 fully saturated rings. The number of carbonyl (C=O) groups is 1. The molecule has 0 saturated carbocycles. The zero-order chi connectivity index (χ0) is 15.9. The molecule has 3 nitrogen and oxygen atoms in total. The molecule has 0 saturated heterocycles. The highest BCUT2D eigenvalue weighted by molar-refractivity contribution is 7.21. The van der Waals surface area contributed by atoms with Gasteiger partial charge in [0.2, 0.25) is 0 Å². The standard InChI is InChI=1S/C17H15FN2OS/c1-9-7-10(2)14-13(8-9)22-16(15(14)19)17(21)20-12-6-4-3-5-11(12)18/h3-8H,19H2,1-2H3,(H,20,21). The van der Waals surface area contributed by atoms with E-state index in [9.17, 15) is 9.18 Å². The lowest BCUT2D eigenvalue weighted by molar-refractivity contribution is 0.103. The summed E-state index contributed by atoms with van der Waals surface area (Å²) in [7, 11) is 0. The molecule has 22 heavy (non-hydrogen) atoms. The van der Waals surface area contributed by atoms with Crippen LogP contribution in [-0.4, -0.2) is 5.91 Å². The Hall–Kier alpha value is -2.40. The van der Waals surface area contributed by atoms with Gasteiger partial charge in [-0.15, -0.1) is 11.3 Å². The molecule has 0 bridgehead atoms. The Morgan fingerprint density at radius 2 is 1.95 bits per heavy atom. The lowest BCUT2D eigenvalue weighted by atomic mass is 10.1. The summed E-state index contributed by atoms with van der Waals surface area (Å²) in [6.45, 7) is 3.97. The third-order valence-corrected chi connectivity index (χ3v) is 4.65. The molecule has 0 aliphatic carbocycles. The van der Waals surface area contributed by atoms with Gasteiger partial charge < -0.3 is 11.1 Å². The second-order valence-corrected chi connectivity index (χ2v) is 6.29. The molecule has 1 amide bonds. The summed E-state index contributed by atoms with van der Waals surface area (Å²) >= 11 is 1.33. The Morgan fingerprint density at radius 3 is 2.68 bits per heavy atom. The number of rotatable bonds is 2. The van der Waals surface area contributed by atoms with Gasteiger partial charge in [-0.1, -0.05) is 18.2 Å². The smallest absolute Gasteiger partial charge is 0.267 e. The van der Waals surface area contributed by atoms with Crippen molar-refractivity contribution in [3.8, 4) is 0 Å². The van der Waals surface area contributed by atoms with Gasteiger partial charge in [0.1, 0.15) is 10.7 Å². The Labute approximate surface area is 131 Å². The van der Waals surface area contributed by atoms with Gasteiger partial charge in [-0.25, -0.2) is 4.39 Å². The number of anilines is 2. The van der Waals surface area contributed by atoms with Crippen LogP contribution in [0.1, 0.15) is 20.8 Å². The zero-order valence-corrected chi connectivity index (χ0v) is 13.1. The molecule has 5 heteroatoms. The van der Waals surface area contributed by atoms with Gasteiger partial charge >= 0.3 is 0 Å². The molecule has 3 aromatic rings. The first-order valence-corrected chi connectivity index (χ1v) is 7.64. The van der Waals surface area contributed by atoms with E-state index in [1.807, 2.05) is 26.0 Å². The summed E-state index contributed by atoms with van der Waals surface area (Å²) < 4.78 is 14.6. The van der Waals surface area contributed by atoms with Crippen molar-refractivity contribution in [1.29, 1.82) is 0 Å². The molecular weight excluding hydrogens is 299 g/mol. The minimum Gasteiger partial charge on any atom is -0.397 e. The number of para-hydroxylation sites is 1. The van der Waals surface area contributed by atoms with Gasteiger partial charge in [-0.05, 0) is 43.2 Å². The Balaban J connectivity index is 2.03. The average molecular weight is 314 g/mol. The van der Waals surface area contributed by atoms with E-state index < -0.39 is 5.82 Å². The molecule has 3 rings (SSSR count). The number of carbonyl (C=O) groups excluding carboxylic acids is 1. The third kappa shape index (κ3) is 2.44. The maximum atomic E-state index is 13.6. The molecule has 0 spiro atoms. The molecule has 1 aromatic heterocycles. The fraction of sp³-hybridized carbons (Fsp3) is 0.118. The molecule has 0 aliphatic heterocycles. The van der Waals surface area contributed by atoms with E-state index in [0.717, 1.165) is 21.2 Å². The second kappa shape index (κ2) is 5.42. The molecule has 1 heterocycles. The minimum absolute atomic E-state index is 0.150. The highest BCUT2D eigenvalue weighted by Gasteiger charge is 2.18. The van der Waals surface area contributed by atoms with Crippen LogP contribution in [0, 0.1) is 19.7 Å². The highest BCUT2D eigenvalue weighted by Crippen LogP contribution is 2.37. The van der Waals surface area contributed by atoms with Crippen LogP contribution >= 0.6 is 11.3 Å². The van der Waals surface area contributed by atoms with Gasteiger partial charge in [0.05, 0.1) is 11.4 Å². The largest absolute Gasteiger partial charge is 0.397 e. The molecular formula is C17H15FN2OS. The topological polar surface area (TPSA) is 55.1 Å². The molecule has 0 unspecified atom stereocenters. The number of amides is 1. The van der Waals surface area contributed by atoms with E-state index >= 15 is 0 Å². The van der Waals surface area contributed by atoms with Crippen molar-refractivity contribution >= 4 is 38.7 Å². The van der Waals surface area contributed by atoms with Crippen LogP contribution in [-0.2, 0) is 0 Å². The SMILES string of the molecule is Cc1cc(C)c2c(N)c(C(=O)Nc3ccccc3F)sc2c1. The van der Waals surface area contributed by atoms with E-state index in [-0.39, 0.29) is 11.6 Å². The lowest BCUT2D eigenvalue weighted by Crippen LogP contribution is -2.13. The van der Waals surface area contributed by atoms with E-state index in [4.69, 9.17) is 5.73 Å². The van der Waals surface area contributed by atoms with Crippen molar-refractivity contribution in [1.82, 2.24) is 0 Å². The maximum Gasteiger partial charge on any atom is 0.267 e. The second-order valence-electron chi connectivity index (χ2n) is 5.23. The molecule has 0 radical (unpaired) electrons. The fourth-order valence-corrected chi connectivity index (χ4v) is 3.74. The first kappa shape index (κ1) is 14.5. The summed E-state index contributed by atoms with van der Waals surface area (Å²) in [5.41, 5.74) is 8.89. The number of aryl methyl sites for hydroxylation is 2. The maximum absolute atomic E-state index is 13.6. The highest BCUT2D eigenvalue weighted by atomic mass is 32.1. The summed E-state index contributed by atoms with van der Waals surface area (Å²) in [6, 6.07) is 10.1. The van der Waals surface area contributed by atoms with E-state index in [0.29, 0.717) is 10.6 Å². The fourth-order valence-electron chi connectivity index (χ4n) is 2.54. The minimum atomic E-state index is -0.470. The van der Waals surface area contributed by atoms with Crippen molar-refractivity contribution in [2.45, 2.75) is 13.8 Å². The zero-order valence-electron chi connectivity index (χ0n) is 12.2. The molecule has 0 aliphatic rings. The average Bonchev–Trinajstić information content (AvgIpc) is 2.78. The van der Waals surface area contributed by atoms with Crippen LogP contribution in [0.15, 0.2) is 36.4 Å². The number of thiophene rings is 1. The molecule has 2 aromatic carbocycles. The number of benzene rings is 2. The van der Waals surface area contributed by atoms with E-state index in [1.54, 1.807) is 12.1 Å². The van der Waals surface area contributed by atoms with Crippen LogP contribution in [0.25, 0.3) is 10.1 Å². The number of nitrogen functional groups attached to an aromatic ring is 1. The number of nitrogens with two attached hydrogens (primary N) is 1. The van der Waals surface area contributed by atoms with Crippen molar-refractivity contribution in [2.75, 3.05) is 11.1 Å². The van der Waals surface area contributed by atoms with E-state index in [1.165, 1.54) is 23.5 Å². The predicted molar refractivity (Wildman–Crippen MR) is 90.1 cm³/mol. The van der Waals surface area contributed by atoms with Gasteiger partial charge in [-0.3, -0.25) is 4.79 Å². The number of fused-ring (bicyclic) bond motifs is 1. The third-order valence-electron chi connectivity index (χ3n) is 3.50. The van der Waals surface area contributed by atoms with Crippen molar-refractivity contribution in [3.05, 3.63) is 58.2 Å². The summed E-state index contributed by atoms with van der Waals surface area (Å²) in [5.74, 6) is -0.858. The van der Waals surface area contributed by atoms with Crippen LogP contribution in [0.2, 0.25) is 0 Å². The molecule has 112 valence electrons. The number of halogens is 1. The van der Waals surface area contributed by atoms with Crippen molar-refractivity contribution in [3.63, 3.8) is 0 Å². The monoisotopic (exact) mass is 314 g/mol. The summed E-state index contributed by atoms with van der Waals surface area (Å²) in [5, 5.41) is 3.48. The van der Waals surface area contributed by atoms with Crippen molar-refractivity contribution < 1.29 is 9.18 Å². The van der Waals surface area contributed by atoms with Gasteiger partial charge in [0.25, 0.3) is 5.91 Å². The van der Waals surface area contributed by atoms with Gasteiger partial charge in [0.15, 0.2) is 0 Å². The first-order valence-electron chi connectivity index (χ1n) is 6.82. The number of hydrogen-bond acceptors (Lipinski definition) is 3. The van der Waals surface area contributed by atoms with Gasteiger partial charge in [-0.2, -0.15) is 0 Å². The number of nitrogens with one attached hydrogen (secondary N) is 1. The molecule has 0 atom stereocenters. The first-order chi connectivity index (χ1) is 10.5.